The summed E-state index contributed by atoms with van der Waals surface area (Å²) in [7, 11) is 0. The van der Waals surface area contributed by atoms with E-state index in [1.165, 1.54) is 10.5 Å². The van der Waals surface area contributed by atoms with Gasteiger partial charge in [0.1, 0.15) is 0 Å². The summed E-state index contributed by atoms with van der Waals surface area (Å²) < 4.78 is 5.01. The minimum absolute atomic E-state index is 0.0832. The van der Waals surface area contributed by atoms with Crippen molar-refractivity contribution in [3.05, 3.63) is 42.0 Å². The van der Waals surface area contributed by atoms with E-state index >= 15 is 0 Å². The third-order valence-corrected chi connectivity index (χ3v) is 3.63. The molecule has 84 valence electrons. The van der Waals surface area contributed by atoms with Crippen LogP contribution in [0.15, 0.2) is 36.4 Å². The Balaban J connectivity index is 2.09. The number of esters is 1. The molecule has 0 spiro atoms. The Bertz CT molecular complexity index is 398. The molecule has 1 aromatic carbocycles. The predicted octanol–water partition coefficient (Wildman–Crippen LogP) is 2.95. The van der Waals surface area contributed by atoms with Gasteiger partial charge in [0, 0.05) is 10.7 Å². The van der Waals surface area contributed by atoms with Gasteiger partial charge >= 0.3 is 5.97 Å². The van der Waals surface area contributed by atoms with Crippen LogP contribution in [-0.2, 0) is 9.53 Å². The zero-order valence-electron chi connectivity index (χ0n) is 9.18. The monoisotopic (exact) mass is 234 g/mol. The summed E-state index contributed by atoms with van der Waals surface area (Å²) in [6, 6.07) is 10.1. The number of rotatable bonds is 3. The lowest BCUT2D eigenvalue weighted by Crippen LogP contribution is -2.15. The fourth-order valence-corrected chi connectivity index (χ4v) is 2.78. The Morgan fingerprint density at radius 3 is 2.88 bits per heavy atom. The van der Waals surface area contributed by atoms with E-state index in [1.807, 2.05) is 31.2 Å². The molecule has 1 unspecified atom stereocenters. The molecule has 2 nitrogen and oxygen atoms in total. The molecule has 16 heavy (non-hydrogen) atoms. The van der Waals surface area contributed by atoms with Crippen molar-refractivity contribution >= 4 is 22.6 Å². The van der Waals surface area contributed by atoms with E-state index < -0.39 is 0 Å². The fraction of sp³-hybridized carbons (Fsp3) is 0.308. The van der Waals surface area contributed by atoms with Crippen molar-refractivity contribution in [2.45, 2.75) is 6.92 Å². The highest BCUT2D eigenvalue weighted by Gasteiger charge is 2.24. The number of thioether (sulfide) groups is 1. The summed E-state index contributed by atoms with van der Waals surface area (Å²) in [5, 5.41) is 0. The molecule has 1 aromatic rings. The lowest BCUT2D eigenvalue weighted by molar-refractivity contribution is -0.145. The van der Waals surface area contributed by atoms with Crippen LogP contribution in [0.25, 0.3) is 4.91 Å². The molecule has 0 amide bonds. The highest BCUT2D eigenvalue weighted by atomic mass is 32.2. The van der Waals surface area contributed by atoms with Gasteiger partial charge in [0.05, 0.1) is 12.5 Å². The standard InChI is InChI=1S/C13H14O2S/c1-2-15-13(14)11-8-12(16-9-11)10-6-4-3-5-7-10/h3-8,11H,2,9H2,1H3. The topological polar surface area (TPSA) is 26.3 Å². The molecule has 1 aliphatic heterocycles. The number of carbonyl (C=O) groups is 1. The number of ether oxygens (including phenoxy) is 1. The van der Waals surface area contributed by atoms with Crippen molar-refractivity contribution in [2.24, 2.45) is 5.92 Å². The van der Waals surface area contributed by atoms with Crippen LogP contribution < -0.4 is 0 Å². The lowest BCUT2D eigenvalue weighted by atomic mass is 10.1. The van der Waals surface area contributed by atoms with Crippen LogP contribution >= 0.6 is 11.8 Å². The Labute approximate surface area is 99.7 Å². The van der Waals surface area contributed by atoms with Crippen LogP contribution in [0.5, 0.6) is 0 Å². The molecule has 0 radical (unpaired) electrons. The van der Waals surface area contributed by atoms with Crippen molar-refractivity contribution in [2.75, 3.05) is 12.4 Å². The third-order valence-electron chi connectivity index (χ3n) is 2.42. The molecule has 0 N–H and O–H groups in total. The quantitative estimate of drug-likeness (QED) is 0.752. The van der Waals surface area contributed by atoms with Crippen molar-refractivity contribution in [3.8, 4) is 0 Å². The SMILES string of the molecule is CCOC(=O)C1C=C(c2ccccc2)SC1. The Kier molecular flexibility index (Phi) is 3.67. The molecule has 2 rings (SSSR count). The van der Waals surface area contributed by atoms with Crippen molar-refractivity contribution in [1.82, 2.24) is 0 Å². The molecule has 3 heteroatoms. The highest BCUT2D eigenvalue weighted by Crippen LogP contribution is 2.37. The summed E-state index contributed by atoms with van der Waals surface area (Å²) in [5.74, 6) is 0.601. The first kappa shape index (κ1) is 11.3. The third kappa shape index (κ3) is 2.47. The van der Waals surface area contributed by atoms with E-state index in [-0.39, 0.29) is 11.9 Å². The van der Waals surface area contributed by atoms with Gasteiger partial charge in [-0.15, -0.1) is 11.8 Å². The largest absolute Gasteiger partial charge is 0.466 e. The Morgan fingerprint density at radius 1 is 1.44 bits per heavy atom. The first-order valence-corrected chi connectivity index (χ1v) is 6.36. The number of benzene rings is 1. The number of hydrogen-bond acceptors (Lipinski definition) is 3. The highest BCUT2D eigenvalue weighted by molar-refractivity contribution is 8.08. The van der Waals surface area contributed by atoms with Crippen molar-refractivity contribution < 1.29 is 9.53 Å². The molecule has 1 heterocycles. The lowest BCUT2D eigenvalue weighted by Gasteiger charge is -2.04. The van der Waals surface area contributed by atoms with Gasteiger partial charge in [-0.25, -0.2) is 0 Å². The number of hydrogen-bond donors (Lipinski definition) is 0. The average Bonchev–Trinajstić information content (AvgIpc) is 2.80. The molecule has 0 aliphatic carbocycles. The van der Waals surface area contributed by atoms with E-state index in [0.29, 0.717) is 6.61 Å². The van der Waals surface area contributed by atoms with E-state index in [2.05, 4.69) is 12.1 Å². The minimum Gasteiger partial charge on any atom is -0.466 e. The molecule has 0 saturated heterocycles. The molecule has 0 bridgehead atoms. The van der Waals surface area contributed by atoms with Crippen LogP contribution in [0.1, 0.15) is 12.5 Å². The second kappa shape index (κ2) is 5.21. The van der Waals surface area contributed by atoms with Gasteiger partial charge in [0.25, 0.3) is 0 Å². The van der Waals surface area contributed by atoms with Gasteiger partial charge in [0.2, 0.25) is 0 Å². The van der Waals surface area contributed by atoms with E-state index in [9.17, 15) is 4.79 Å². The van der Waals surface area contributed by atoms with Gasteiger partial charge in [-0.05, 0) is 12.5 Å². The summed E-state index contributed by atoms with van der Waals surface area (Å²) in [6.45, 7) is 2.29. The first-order chi connectivity index (χ1) is 7.81. The van der Waals surface area contributed by atoms with Crippen LogP contribution in [0.2, 0.25) is 0 Å². The Hall–Kier alpha value is -1.22. The van der Waals surface area contributed by atoms with Gasteiger partial charge in [-0.2, -0.15) is 0 Å². The van der Waals surface area contributed by atoms with Crippen LogP contribution in [-0.4, -0.2) is 18.3 Å². The molecule has 0 aromatic heterocycles. The first-order valence-electron chi connectivity index (χ1n) is 5.38. The zero-order chi connectivity index (χ0) is 11.4. The molecule has 1 aliphatic rings. The summed E-state index contributed by atoms with van der Waals surface area (Å²) in [5.41, 5.74) is 1.18. The maximum Gasteiger partial charge on any atom is 0.313 e. The smallest absolute Gasteiger partial charge is 0.313 e. The maximum atomic E-state index is 11.5. The van der Waals surface area contributed by atoms with Crippen LogP contribution in [0.3, 0.4) is 0 Å². The second-order valence-electron chi connectivity index (χ2n) is 3.57. The van der Waals surface area contributed by atoms with Gasteiger partial charge < -0.3 is 4.74 Å². The molecular formula is C13H14O2S. The summed E-state index contributed by atoms with van der Waals surface area (Å²) >= 11 is 1.72. The van der Waals surface area contributed by atoms with Crippen LogP contribution in [0.4, 0.5) is 0 Å². The second-order valence-corrected chi connectivity index (χ2v) is 4.63. The fourth-order valence-electron chi connectivity index (χ4n) is 1.63. The molecule has 1 atom stereocenters. The van der Waals surface area contributed by atoms with Gasteiger partial charge in [-0.1, -0.05) is 36.4 Å². The summed E-state index contributed by atoms with van der Waals surface area (Å²) in [4.78, 5) is 12.7. The Morgan fingerprint density at radius 2 is 2.19 bits per heavy atom. The van der Waals surface area contributed by atoms with Crippen molar-refractivity contribution in [1.29, 1.82) is 0 Å². The molecular weight excluding hydrogens is 220 g/mol. The predicted molar refractivity (Wildman–Crippen MR) is 67.0 cm³/mol. The molecule has 0 saturated carbocycles. The normalized spacial score (nSPS) is 19.3. The minimum atomic E-state index is -0.110. The van der Waals surface area contributed by atoms with Crippen molar-refractivity contribution in [3.63, 3.8) is 0 Å². The molecule has 0 fully saturated rings. The zero-order valence-corrected chi connectivity index (χ0v) is 10.00. The summed E-state index contributed by atoms with van der Waals surface area (Å²) in [6.07, 6.45) is 2.01. The van der Waals surface area contributed by atoms with Crippen LogP contribution in [0, 0.1) is 5.92 Å². The number of carbonyl (C=O) groups excluding carboxylic acids is 1. The maximum absolute atomic E-state index is 11.5. The van der Waals surface area contributed by atoms with E-state index in [0.717, 1.165) is 5.75 Å². The van der Waals surface area contributed by atoms with E-state index in [1.54, 1.807) is 11.8 Å². The average molecular weight is 234 g/mol. The van der Waals surface area contributed by atoms with Gasteiger partial charge in [0.15, 0.2) is 0 Å². The van der Waals surface area contributed by atoms with Gasteiger partial charge in [-0.3, -0.25) is 4.79 Å². The van der Waals surface area contributed by atoms with E-state index in [4.69, 9.17) is 4.74 Å².